The maximum Gasteiger partial charge on any atom is 0.255 e. The largest absolute Gasteiger partial charge is 0.354 e. The second kappa shape index (κ2) is 6.03. The Morgan fingerprint density at radius 1 is 1.41 bits per heavy atom. The molecular formula is C11H18N4O2. The molecule has 0 bridgehead atoms. The van der Waals surface area contributed by atoms with E-state index in [1.54, 1.807) is 6.92 Å². The van der Waals surface area contributed by atoms with E-state index in [4.69, 9.17) is 0 Å². The number of hydrogen-bond donors (Lipinski definition) is 3. The lowest BCUT2D eigenvalue weighted by molar-refractivity contribution is -0.122. The summed E-state index contributed by atoms with van der Waals surface area (Å²) in [5, 5.41) is 11.6. The van der Waals surface area contributed by atoms with Crippen molar-refractivity contribution in [2.24, 2.45) is 5.92 Å². The number of nitrogens with one attached hydrogen (secondary N) is 3. The topological polar surface area (TPSA) is 86.9 Å². The van der Waals surface area contributed by atoms with Crippen LogP contribution in [-0.4, -0.2) is 34.6 Å². The van der Waals surface area contributed by atoms with Gasteiger partial charge in [0.1, 0.15) is 6.04 Å². The fourth-order valence-corrected chi connectivity index (χ4v) is 1.18. The monoisotopic (exact) mass is 238 g/mol. The summed E-state index contributed by atoms with van der Waals surface area (Å²) in [5.74, 6) is -0.114. The maximum absolute atomic E-state index is 11.6. The Balaban J connectivity index is 2.41. The lowest BCUT2D eigenvalue weighted by atomic mass is 10.2. The molecule has 0 spiro atoms. The Kier molecular flexibility index (Phi) is 4.68. The van der Waals surface area contributed by atoms with Crippen molar-refractivity contribution >= 4 is 11.8 Å². The highest BCUT2D eigenvalue weighted by atomic mass is 16.2. The molecule has 1 aromatic rings. The van der Waals surface area contributed by atoms with Crippen LogP contribution in [-0.2, 0) is 4.79 Å². The Labute approximate surface area is 100 Å². The van der Waals surface area contributed by atoms with E-state index in [0.29, 0.717) is 18.0 Å². The van der Waals surface area contributed by atoms with Crippen LogP contribution >= 0.6 is 0 Å². The molecular weight excluding hydrogens is 220 g/mol. The molecule has 1 aromatic heterocycles. The van der Waals surface area contributed by atoms with Crippen LogP contribution in [0.4, 0.5) is 0 Å². The molecule has 2 amide bonds. The van der Waals surface area contributed by atoms with Gasteiger partial charge in [-0.15, -0.1) is 0 Å². The Morgan fingerprint density at radius 2 is 2.12 bits per heavy atom. The predicted octanol–water partition coefficient (Wildman–Crippen LogP) is 0.300. The van der Waals surface area contributed by atoms with E-state index in [-0.39, 0.29) is 11.8 Å². The van der Waals surface area contributed by atoms with Crippen molar-refractivity contribution in [3.63, 3.8) is 0 Å². The average molecular weight is 238 g/mol. The molecule has 1 atom stereocenters. The van der Waals surface area contributed by atoms with Crippen LogP contribution < -0.4 is 10.6 Å². The fourth-order valence-electron chi connectivity index (χ4n) is 1.18. The molecule has 1 unspecified atom stereocenters. The van der Waals surface area contributed by atoms with Crippen LogP contribution in [0.1, 0.15) is 31.1 Å². The molecule has 6 nitrogen and oxygen atoms in total. The molecule has 0 aliphatic rings. The minimum Gasteiger partial charge on any atom is -0.354 e. The van der Waals surface area contributed by atoms with Crippen LogP contribution in [0.25, 0.3) is 0 Å². The first-order valence-electron chi connectivity index (χ1n) is 5.58. The van der Waals surface area contributed by atoms with Gasteiger partial charge in [0.15, 0.2) is 0 Å². The smallest absolute Gasteiger partial charge is 0.255 e. The third-order valence-electron chi connectivity index (χ3n) is 2.19. The van der Waals surface area contributed by atoms with Crippen molar-refractivity contribution in [2.45, 2.75) is 26.8 Å². The molecule has 1 heterocycles. The molecule has 0 aliphatic heterocycles. The average Bonchev–Trinajstić information content (AvgIpc) is 2.78. The molecule has 6 heteroatoms. The number of carbonyl (C=O) groups is 2. The summed E-state index contributed by atoms with van der Waals surface area (Å²) in [6.07, 6.45) is 2.89. The molecule has 0 aromatic carbocycles. The van der Waals surface area contributed by atoms with Gasteiger partial charge in [0.05, 0.1) is 11.8 Å². The van der Waals surface area contributed by atoms with Gasteiger partial charge in [0.25, 0.3) is 5.91 Å². The quantitative estimate of drug-likeness (QED) is 0.689. The number of aromatic amines is 1. The van der Waals surface area contributed by atoms with Gasteiger partial charge in [0, 0.05) is 12.7 Å². The zero-order valence-electron chi connectivity index (χ0n) is 10.3. The summed E-state index contributed by atoms with van der Waals surface area (Å²) in [5.41, 5.74) is 0.411. The van der Waals surface area contributed by atoms with Gasteiger partial charge in [-0.05, 0) is 12.8 Å². The van der Waals surface area contributed by atoms with Gasteiger partial charge >= 0.3 is 0 Å². The number of hydrogen-bond acceptors (Lipinski definition) is 3. The van der Waals surface area contributed by atoms with Gasteiger partial charge in [-0.2, -0.15) is 5.10 Å². The zero-order valence-corrected chi connectivity index (χ0v) is 10.3. The summed E-state index contributed by atoms with van der Waals surface area (Å²) in [4.78, 5) is 23.2. The normalized spacial score (nSPS) is 12.2. The highest BCUT2D eigenvalue weighted by Crippen LogP contribution is 1.95. The number of nitrogens with zero attached hydrogens (tertiary/aromatic N) is 1. The number of H-pyrrole nitrogens is 1. The summed E-state index contributed by atoms with van der Waals surface area (Å²) in [6, 6.07) is -0.559. The van der Waals surface area contributed by atoms with Crippen molar-refractivity contribution in [2.75, 3.05) is 6.54 Å². The predicted molar refractivity (Wildman–Crippen MR) is 63.4 cm³/mol. The maximum atomic E-state index is 11.6. The highest BCUT2D eigenvalue weighted by Gasteiger charge is 2.16. The van der Waals surface area contributed by atoms with Gasteiger partial charge in [-0.3, -0.25) is 14.7 Å². The second-order valence-electron chi connectivity index (χ2n) is 4.32. The van der Waals surface area contributed by atoms with Gasteiger partial charge in [0.2, 0.25) is 5.91 Å². The van der Waals surface area contributed by atoms with E-state index in [1.165, 1.54) is 12.4 Å². The standard InChI is InChI=1S/C11H18N4O2/c1-7(2)4-12-10(16)8(3)15-11(17)9-5-13-14-6-9/h5-8H,4H2,1-3H3,(H,12,16)(H,13,14)(H,15,17). The summed E-state index contributed by atoms with van der Waals surface area (Å²) in [7, 11) is 0. The SMILES string of the molecule is CC(C)CNC(=O)C(C)NC(=O)c1cn[nH]c1. The van der Waals surface area contributed by atoms with Gasteiger partial charge < -0.3 is 10.6 Å². The van der Waals surface area contributed by atoms with Crippen molar-refractivity contribution in [3.05, 3.63) is 18.0 Å². The van der Waals surface area contributed by atoms with Crippen molar-refractivity contribution < 1.29 is 9.59 Å². The first-order valence-corrected chi connectivity index (χ1v) is 5.58. The first-order chi connectivity index (χ1) is 8.00. The van der Waals surface area contributed by atoms with Crippen molar-refractivity contribution in [1.29, 1.82) is 0 Å². The number of rotatable bonds is 5. The first kappa shape index (κ1) is 13.2. The van der Waals surface area contributed by atoms with E-state index in [9.17, 15) is 9.59 Å². The molecule has 0 fully saturated rings. The summed E-state index contributed by atoms with van der Waals surface area (Å²) >= 11 is 0. The van der Waals surface area contributed by atoms with E-state index >= 15 is 0 Å². The summed E-state index contributed by atoms with van der Waals surface area (Å²) in [6.45, 7) is 6.27. The minimum absolute atomic E-state index is 0.185. The van der Waals surface area contributed by atoms with Crippen LogP contribution in [0.15, 0.2) is 12.4 Å². The second-order valence-corrected chi connectivity index (χ2v) is 4.32. The third kappa shape index (κ3) is 4.26. The van der Waals surface area contributed by atoms with Crippen LogP contribution in [0.2, 0.25) is 0 Å². The van der Waals surface area contributed by atoms with E-state index in [1.807, 2.05) is 13.8 Å². The van der Waals surface area contributed by atoms with Crippen LogP contribution in [0.3, 0.4) is 0 Å². The Hall–Kier alpha value is -1.85. The van der Waals surface area contributed by atoms with Crippen LogP contribution in [0, 0.1) is 5.92 Å². The van der Waals surface area contributed by atoms with Crippen molar-refractivity contribution in [3.8, 4) is 0 Å². The Bertz CT molecular complexity index is 373. The molecule has 3 N–H and O–H groups in total. The van der Waals surface area contributed by atoms with E-state index in [0.717, 1.165) is 0 Å². The fraction of sp³-hybridized carbons (Fsp3) is 0.545. The molecule has 0 aliphatic carbocycles. The number of carbonyl (C=O) groups excluding carboxylic acids is 2. The van der Waals surface area contributed by atoms with Crippen molar-refractivity contribution in [1.82, 2.24) is 20.8 Å². The molecule has 1 rings (SSSR count). The highest BCUT2D eigenvalue weighted by molar-refractivity contribution is 5.96. The van der Waals surface area contributed by atoms with E-state index in [2.05, 4.69) is 20.8 Å². The molecule has 0 saturated heterocycles. The van der Waals surface area contributed by atoms with Gasteiger partial charge in [-0.1, -0.05) is 13.8 Å². The lowest BCUT2D eigenvalue weighted by Gasteiger charge is -2.14. The van der Waals surface area contributed by atoms with Crippen LogP contribution in [0.5, 0.6) is 0 Å². The van der Waals surface area contributed by atoms with Gasteiger partial charge in [-0.25, -0.2) is 0 Å². The minimum atomic E-state index is -0.559. The summed E-state index contributed by atoms with van der Waals surface area (Å²) < 4.78 is 0. The molecule has 94 valence electrons. The molecule has 17 heavy (non-hydrogen) atoms. The third-order valence-corrected chi connectivity index (χ3v) is 2.19. The lowest BCUT2D eigenvalue weighted by Crippen LogP contribution is -2.45. The Morgan fingerprint density at radius 3 is 2.65 bits per heavy atom. The number of amides is 2. The zero-order chi connectivity index (χ0) is 12.8. The molecule has 0 radical (unpaired) electrons. The number of aromatic nitrogens is 2. The molecule has 0 saturated carbocycles. The van der Waals surface area contributed by atoms with E-state index < -0.39 is 6.04 Å².